The van der Waals surface area contributed by atoms with Gasteiger partial charge in [0.2, 0.25) is 0 Å². The Morgan fingerprint density at radius 2 is 0.379 bits per heavy atom. The number of rotatable bonds is 7. The van der Waals surface area contributed by atoms with Gasteiger partial charge in [0.05, 0.1) is 16.1 Å². The number of fused-ring (bicyclic) bond motifs is 12. The van der Waals surface area contributed by atoms with Crippen LogP contribution in [0.4, 0.5) is 0 Å². The first-order valence-corrected chi connectivity index (χ1v) is 27.0. The molecule has 0 aliphatic heterocycles. The minimum absolute atomic E-state index is 0.383. The lowest BCUT2D eigenvalue weighted by Gasteiger charge is -2.46. The van der Waals surface area contributed by atoms with Gasteiger partial charge in [0.1, 0.15) is 0 Å². The third-order valence-electron chi connectivity index (χ3n) is 15.2. The summed E-state index contributed by atoms with van der Waals surface area (Å²) in [6.07, 6.45) is 0. The molecule has 4 aliphatic carbocycles. The molecule has 2 heteroatoms. The SMILES string of the molecule is C[Si](CC[Si](C)(C1c2ccccc2-c2ccccc21)C1c2ccccc2-c2ccccc21)(C1c2ccccc2-c2ccccc21)C1c2ccccc2-c2ccccc21. The van der Waals surface area contributed by atoms with Crippen LogP contribution >= 0.6 is 0 Å². The van der Waals surface area contributed by atoms with E-state index in [1.807, 2.05) is 0 Å². The summed E-state index contributed by atoms with van der Waals surface area (Å²) in [6.45, 7) is 5.67. The molecule has 58 heavy (non-hydrogen) atoms. The van der Waals surface area contributed by atoms with E-state index in [1.54, 1.807) is 44.5 Å². The zero-order chi connectivity index (χ0) is 38.6. The lowest BCUT2D eigenvalue weighted by molar-refractivity contribution is 0.935. The molecular formula is C56H46Si2. The van der Waals surface area contributed by atoms with Crippen LogP contribution in [-0.2, 0) is 0 Å². The van der Waals surface area contributed by atoms with Crippen LogP contribution in [0, 0.1) is 0 Å². The highest BCUT2D eigenvalue weighted by molar-refractivity contribution is 6.88. The minimum atomic E-state index is -2.43. The van der Waals surface area contributed by atoms with Crippen LogP contribution < -0.4 is 0 Å². The zero-order valence-electron chi connectivity index (χ0n) is 33.2. The first-order valence-electron chi connectivity index (χ1n) is 21.3. The summed E-state index contributed by atoms with van der Waals surface area (Å²) in [5.74, 6) is 0. The second kappa shape index (κ2) is 12.8. The Morgan fingerprint density at radius 1 is 0.241 bits per heavy atom. The smallest absolute Gasteiger partial charge is 0.0677 e. The van der Waals surface area contributed by atoms with E-state index in [1.165, 1.54) is 56.6 Å². The monoisotopic (exact) mass is 774 g/mol. The highest BCUT2D eigenvalue weighted by atomic mass is 28.3. The van der Waals surface area contributed by atoms with Gasteiger partial charge in [-0.15, -0.1) is 0 Å². The molecule has 4 aliphatic rings. The van der Waals surface area contributed by atoms with E-state index in [0.29, 0.717) is 22.2 Å². The van der Waals surface area contributed by atoms with Gasteiger partial charge in [0.25, 0.3) is 0 Å². The van der Waals surface area contributed by atoms with E-state index in [9.17, 15) is 0 Å². The second-order valence-corrected chi connectivity index (χ2v) is 27.3. The van der Waals surface area contributed by atoms with Crippen molar-refractivity contribution in [1.82, 2.24) is 0 Å². The van der Waals surface area contributed by atoms with E-state index in [4.69, 9.17) is 0 Å². The fourth-order valence-electron chi connectivity index (χ4n) is 12.9. The summed E-state index contributed by atoms with van der Waals surface area (Å²) in [7, 11) is -4.86. The normalized spacial score (nSPS) is 15.3. The molecule has 12 rings (SSSR count). The quantitative estimate of drug-likeness (QED) is 0.142. The third-order valence-corrected chi connectivity index (χ3v) is 26.1. The predicted molar refractivity (Wildman–Crippen MR) is 248 cm³/mol. The van der Waals surface area contributed by atoms with Crippen molar-refractivity contribution in [1.29, 1.82) is 0 Å². The molecule has 0 bridgehead atoms. The molecule has 0 atom stereocenters. The molecule has 0 saturated carbocycles. The van der Waals surface area contributed by atoms with Gasteiger partial charge in [0.15, 0.2) is 0 Å². The number of hydrogen-bond acceptors (Lipinski definition) is 0. The molecule has 0 aromatic heterocycles. The van der Waals surface area contributed by atoms with E-state index >= 15 is 0 Å². The van der Waals surface area contributed by atoms with Gasteiger partial charge in [-0.3, -0.25) is 0 Å². The van der Waals surface area contributed by atoms with Crippen LogP contribution in [0.15, 0.2) is 194 Å². The molecule has 0 radical (unpaired) electrons. The van der Waals surface area contributed by atoms with Crippen LogP contribution in [0.1, 0.15) is 66.7 Å². The van der Waals surface area contributed by atoms with Crippen molar-refractivity contribution in [2.75, 3.05) is 0 Å². The van der Waals surface area contributed by atoms with Gasteiger partial charge in [0, 0.05) is 22.2 Å². The van der Waals surface area contributed by atoms with Crippen molar-refractivity contribution >= 4 is 16.1 Å². The van der Waals surface area contributed by atoms with Crippen molar-refractivity contribution in [2.45, 2.75) is 47.3 Å². The highest BCUT2D eigenvalue weighted by Gasteiger charge is 2.57. The summed E-state index contributed by atoms with van der Waals surface area (Å²) < 4.78 is 0. The maximum absolute atomic E-state index is 2.84. The lowest BCUT2D eigenvalue weighted by Crippen LogP contribution is -2.50. The fraction of sp³-hybridized carbons (Fsp3) is 0.143. The predicted octanol–water partition coefficient (Wildman–Crippen LogP) is 14.6. The Kier molecular flexibility index (Phi) is 7.59. The van der Waals surface area contributed by atoms with Crippen LogP contribution in [-0.4, -0.2) is 16.1 Å². The molecule has 0 amide bonds. The molecule has 8 aromatic carbocycles. The standard InChI is InChI=1S/C56H46Si2/c1-57(53-45-27-11-3-19-37(45)38-20-4-12-28-46(38)53,54-47-29-13-5-21-39(47)40-22-6-14-30-48(40)54)35-36-58(2,55-49-31-15-7-23-41(49)42-24-8-16-32-50(42)55)56-51-33-17-9-25-43(51)44-26-10-18-34-52(44)56/h3-34,53-56H,35-36H2,1-2H3. The Labute approximate surface area is 344 Å². The Bertz CT molecular complexity index is 2370. The third kappa shape index (κ3) is 4.67. The van der Waals surface area contributed by atoms with Gasteiger partial charge >= 0.3 is 0 Å². The van der Waals surface area contributed by atoms with Crippen LogP contribution in [0.25, 0.3) is 44.5 Å². The first kappa shape index (κ1) is 34.3. The van der Waals surface area contributed by atoms with Gasteiger partial charge in [-0.25, -0.2) is 0 Å². The molecule has 0 N–H and O–H groups in total. The molecular weight excluding hydrogens is 729 g/mol. The largest absolute Gasteiger partial charge is 0.0758 e. The lowest BCUT2D eigenvalue weighted by atomic mass is 10.1. The van der Waals surface area contributed by atoms with Crippen molar-refractivity contribution in [3.05, 3.63) is 239 Å². The topological polar surface area (TPSA) is 0 Å². The molecule has 278 valence electrons. The summed E-state index contributed by atoms with van der Waals surface area (Å²) >= 11 is 0. The fourth-order valence-corrected chi connectivity index (χ4v) is 26.7. The molecule has 0 fully saturated rings. The van der Waals surface area contributed by atoms with Gasteiger partial charge in [-0.1, -0.05) is 219 Å². The van der Waals surface area contributed by atoms with Crippen molar-refractivity contribution in [3.8, 4) is 44.5 Å². The van der Waals surface area contributed by atoms with Gasteiger partial charge in [-0.05, 0) is 89.0 Å². The van der Waals surface area contributed by atoms with E-state index in [-0.39, 0.29) is 0 Å². The maximum Gasteiger partial charge on any atom is 0.0758 e. The number of benzene rings is 8. The number of hydrogen-bond donors (Lipinski definition) is 0. The maximum atomic E-state index is 2.84. The minimum Gasteiger partial charge on any atom is -0.0677 e. The summed E-state index contributed by atoms with van der Waals surface area (Å²) in [5, 5.41) is 0. The molecule has 0 nitrogen and oxygen atoms in total. The molecule has 0 heterocycles. The molecule has 8 aromatic rings. The molecule has 0 unspecified atom stereocenters. The van der Waals surface area contributed by atoms with E-state index in [2.05, 4.69) is 207 Å². The first-order chi connectivity index (χ1) is 28.6. The highest BCUT2D eigenvalue weighted by Crippen LogP contribution is 2.63. The van der Waals surface area contributed by atoms with E-state index in [0.717, 1.165) is 0 Å². The Morgan fingerprint density at radius 3 is 0.534 bits per heavy atom. The Balaban J connectivity index is 1.11. The van der Waals surface area contributed by atoms with Crippen LogP contribution in [0.2, 0.25) is 25.2 Å². The summed E-state index contributed by atoms with van der Waals surface area (Å²) in [4.78, 5) is 0. The van der Waals surface area contributed by atoms with Gasteiger partial charge < -0.3 is 0 Å². The van der Waals surface area contributed by atoms with Crippen molar-refractivity contribution in [3.63, 3.8) is 0 Å². The second-order valence-electron chi connectivity index (χ2n) is 17.9. The Hall–Kier alpha value is -5.81. The summed E-state index contributed by atoms with van der Waals surface area (Å²) in [6, 6.07) is 78.1. The zero-order valence-corrected chi connectivity index (χ0v) is 35.2. The average Bonchev–Trinajstić information content (AvgIpc) is 4.01. The van der Waals surface area contributed by atoms with Crippen molar-refractivity contribution in [2.24, 2.45) is 0 Å². The average molecular weight is 775 g/mol. The van der Waals surface area contributed by atoms with Crippen molar-refractivity contribution < 1.29 is 0 Å². The van der Waals surface area contributed by atoms with E-state index < -0.39 is 16.1 Å². The van der Waals surface area contributed by atoms with Gasteiger partial charge in [-0.2, -0.15) is 0 Å². The molecule has 0 spiro atoms. The van der Waals surface area contributed by atoms with Crippen LogP contribution in [0.5, 0.6) is 0 Å². The summed E-state index contributed by atoms with van der Waals surface area (Å²) in [5.41, 5.74) is 25.5. The van der Waals surface area contributed by atoms with Crippen LogP contribution in [0.3, 0.4) is 0 Å². The molecule has 0 saturated heterocycles.